The molecule has 0 rings (SSSR count). The Labute approximate surface area is 159 Å². The monoisotopic (exact) mass is 376 g/mol. The Kier molecular flexibility index (Phi) is 23.8. The zero-order chi connectivity index (χ0) is 18.5. The molecule has 4 nitrogen and oxygen atoms in total. The van der Waals surface area contributed by atoms with E-state index in [0.29, 0.717) is 0 Å². The van der Waals surface area contributed by atoms with E-state index in [0.717, 1.165) is 0 Å². The fourth-order valence-electron chi connectivity index (χ4n) is 2.69. The van der Waals surface area contributed by atoms with E-state index in [1.807, 2.05) is 0 Å². The van der Waals surface area contributed by atoms with Gasteiger partial charge < -0.3 is 9.11 Å². The number of hydrogen-bond acceptors (Lipinski definition) is 4. The Balaban J connectivity index is 0. The van der Waals surface area contributed by atoms with Gasteiger partial charge in [-0.05, 0) is 0 Å². The maximum Gasteiger partial charge on any atom is 0.0311 e. The summed E-state index contributed by atoms with van der Waals surface area (Å²) in [6.07, 6.45) is 23.4. The minimum atomic E-state index is -5.17. The summed E-state index contributed by atoms with van der Waals surface area (Å²) in [4.78, 5) is 0. The maximum atomic E-state index is 8.52. The maximum absolute atomic E-state index is 8.52. The summed E-state index contributed by atoms with van der Waals surface area (Å²) < 4.78 is 34.1. The molecule has 0 aromatic rings. The van der Waals surface area contributed by atoms with E-state index in [1.54, 1.807) is 0 Å². The van der Waals surface area contributed by atoms with Gasteiger partial charge in [-0.15, -0.1) is 0 Å². The molecule has 0 bridgehead atoms. The summed E-state index contributed by atoms with van der Waals surface area (Å²) in [5.41, 5.74) is 0. The second kappa shape index (κ2) is 21.4. The van der Waals surface area contributed by atoms with Crippen LogP contribution in [0.1, 0.15) is 110 Å². The Bertz CT molecular complexity index is 297. The third-order valence-electron chi connectivity index (χ3n) is 4.06. The molecule has 6 heteroatoms. The van der Waals surface area contributed by atoms with Crippen LogP contribution in [0.25, 0.3) is 0 Å². The van der Waals surface area contributed by atoms with Crippen LogP contribution in [0.3, 0.4) is 0 Å². The molecule has 0 saturated carbocycles. The predicted octanol–water partition coefficient (Wildman–Crippen LogP) is 5.50. The molecule has 0 N–H and O–H groups in total. The Morgan fingerprint density at radius 3 is 1.00 bits per heavy atom. The summed E-state index contributed by atoms with van der Waals surface area (Å²) in [6, 6.07) is 0. The van der Waals surface area contributed by atoms with Gasteiger partial charge in [-0.2, -0.15) is 0 Å². The molecule has 142 valence electrons. The van der Waals surface area contributed by atoms with E-state index in [9.17, 15) is 0 Å². The van der Waals surface area contributed by atoms with Crippen LogP contribution in [-0.4, -0.2) is 33.8 Å². The topological polar surface area (TPSA) is 80.3 Å². The average Bonchev–Trinajstić information content (AvgIpc) is 2.49. The van der Waals surface area contributed by atoms with Gasteiger partial charge in [0.1, 0.15) is 0 Å². The van der Waals surface area contributed by atoms with Crippen molar-refractivity contribution in [3.8, 4) is 0 Å². The number of hydrogen-bond donors (Lipinski definition) is 0. The van der Waals surface area contributed by atoms with E-state index in [4.69, 9.17) is 17.5 Å². The fourth-order valence-corrected chi connectivity index (χ4v) is 2.98. The summed E-state index contributed by atoms with van der Waals surface area (Å²) in [6.45, 7) is 2.29. The van der Waals surface area contributed by atoms with E-state index in [1.165, 1.54) is 108 Å². The van der Waals surface area contributed by atoms with E-state index in [2.05, 4.69) is 23.2 Å². The summed E-state index contributed by atoms with van der Waals surface area (Å²) >= 11 is 2.83. The molecule has 0 amide bonds. The summed E-state index contributed by atoms with van der Waals surface area (Å²) in [5, 5.41) is 1.29. The van der Waals surface area contributed by atoms with Crippen molar-refractivity contribution >= 4 is 26.7 Å². The zero-order valence-electron chi connectivity index (χ0n) is 15.6. The first-order chi connectivity index (χ1) is 11.4. The van der Waals surface area contributed by atoms with Gasteiger partial charge in [-0.25, -0.2) is 0 Å². The van der Waals surface area contributed by atoms with Crippen LogP contribution in [0.15, 0.2) is 0 Å². The van der Waals surface area contributed by atoms with E-state index in [-0.39, 0.29) is 0 Å². The summed E-state index contributed by atoms with van der Waals surface area (Å²) in [7, 11) is -5.17. The molecule has 0 aromatic carbocycles. The minimum Gasteiger partial charge on any atom is -0.759 e. The quantitative estimate of drug-likeness (QED) is 0.154. The average molecular weight is 377 g/mol. The van der Waals surface area contributed by atoms with Gasteiger partial charge in [0.25, 0.3) is 0 Å². The molecule has 0 aromatic heterocycles. The van der Waals surface area contributed by atoms with E-state index >= 15 is 0 Å². The SMILES string of the molecule is CCCCCCCCCCCCCCCCC[CH2][Al+2].O=S(=O)([O-])[O-]. The molecule has 0 aliphatic rings. The van der Waals surface area contributed by atoms with Crippen LogP contribution in [-0.2, 0) is 10.4 Å². The van der Waals surface area contributed by atoms with Crippen molar-refractivity contribution in [2.45, 2.75) is 115 Å². The largest absolute Gasteiger partial charge is 0.759 e. The van der Waals surface area contributed by atoms with Crippen LogP contribution < -0.4 is 0 Å². The molecule has 0 unspecified atom stereocenters. The first kappa shape index (κ1) is 26.6. The molecule has 0 heterocycles. The molecule has 0 aliphatic carbocycles. The van der Waals surface area contributed by atoms with Crippen molar-refractivity contribution in [1.82, 2.24) is 0 Å². The molecule has 0 atom stereocenters. The minimum absolute atomic E-state index is 1.29. The molecular weight excluding hydrogens is 339 g/mol. The van der Waals surface area contributed by atoms with Crippen molar-refractivity contribution in [3.63, 3.8) is 0 Å². The van der Waals surface area contributed by atoms with Crippen LogP contribution in [0.2, 0.25) is 5.28 Å². The van der Waals surface area contributed by atoms with E-state index < -0.39 is 10.4 Å². The van der Waals surface area contributed by atoms with Gasteiger partial charge in [-0.1, -0.05) is 39.0 Å². The van der Waals surface area contributed by atoms with Gasteiger partial charge in [0.15, 0.2) is 0 Å². The first-order valence-corrected chi connectivity index (χ1v) is 11.9. The van der Waals surface area contributed by atoms with Gasteiger partial charge in [0, 0.05) is 10.4 Å². The molecule has 0 spiro atoms. The smallest absolute Gasteiger partial charge is 0.0311 e. The normalized spacial score (nSPS) is 11.2. The first-order valence-electron chi connectivity index (χ1n) is 9.78. The number of unbranched alkanes of at least 4 members (excludes halogenated alkanes) is 15. The molecule has 0 radical (unpaired) electrons. The standard InChI is InChI=1S/C18H37.Al.H2O4S/c1-3-5-7-9-11-13-15-17-18-16-14-12-10-8-6-4-2;;1-5(2,3)4/h1,3-18H2,2H3;;(H2,1,2,3,4)/q;+2;/p-2. The molecule has 0 aliphatic heterocycles. The third kappa shape index (κ3) is 38.1. The Morgan fingerprint density at radius 1 is 0.583 bits per heavy atom. The number of rotatable bonds is 16. The van der Waals surface area contributed by atoms with Crippen molar-refractivity contribution in [3.05, 3.63) is 0 Å². The van der Waals surface area contributed by atoms with Crippen molar-refractivity contribution in [1.29, 1.82) is 0 Å². The third-order valence-corrected chi connectivity index (χ3v) is 4.47. The van der Waals surface area contributed by atoms with Gasteiger partial charge in [0.05, 0.1) is 0 Å². The molecule has 24 heavy (non-hydrogen) atoms. The van der Waals surface area contributed by atoms with Crippen LogP contribution >= 0.6 is 0 Å². The van der Waals surface area contributed by atoms with Gasteiger partial charge in [-0.3, -0.25) is 8.42 Å². The van der Waals surface area contributed by atoms with Crippen LogP contribution in [0.4, 0.5) is 0 Å². The van der Waals surface area contributed by atoms with Crippen molar-refractivity contribution in [2.75, 3.05) is 0 Å². The van der Waals surface area contributed by atoms with Crippen LogP contribution in [0, 0.1) is 0 Å². The van der Waals surface area contributed by atoms with Crippen molar-refractivity contribution in [2.24, 2.45) is 0 Å². The second-order valence-corrected chi connectivity index (χ2v) is 7.89. The summed E-state index contributed by atoms with van der Waals surface area (Å²) in [5.74, 6) is 0. The molecule has 0 fully saturated rings. The predicted molar refractivity (Wildman–Crippen MR) is 101 cm³/mol. The zero-order valence-corrected chi connectivity index (χ0v) is 17.6. The Hall–Kier alpha value is 0.402. The molecule has 0 saturated heterocycles. The van der Waals surface area contributed by atoms with Gasteiger partial charge >= 0.3 is 92.2 Å². The fraction of sp³-hybridized carbons (Fsp3) is 1.00. The van der Waals surface area contributed by atoms with Crippen molar-refractivity contribution < 1.29 is 17.5 Å². The van der Waals surface area contributed by atoms with Gasteiger partial charge in [0.2, 0.25) is 0 Å². The van der Waals surface area contributed by atoms with Crippen LogP contribution in [0.5, 0.6) is 0 Å². The molecular formula is C18H37AlO4S. The Morgan fingerprint density at radius 2 is 0.792 bits per heavy atom. The second-order valence-electron chi connectivity index (χ2n) is 6.50.